The first kappa shape index (κ1) is 21.0. The molecule has 2 aromatic carbocycles. The third kappa shape index (κ3) is 4.73. The summed E-state index contributed by atoms with van der Waals surface area (Å²) >= 11 is 0. The summed E-state index contributed by atoms with van der Waals surface area (Å²) in [6.45, 7) is 0. The topological polar surface area (TPSA) is 104 Å². The van der Waals surface area contributed by atoms with Gasteiger partial charge in [0.2, 0.25) is 0 Å². The summed E-state index contributed by atoms with van der Waals surface area (Å²) in [6, 6.07) is 21.5. The largest absolute Gasteiger partial charge is 0.497 e. The van der Waals surface area contributed by atoms with Crippen LogP contribution in [0.4, 0.5) is 5.69 Å². The number of carbonyl (C=O) groups is 1. The SMILES string of the molecule is COc1cccc(NC(C(=N)Cc2ccccn2)C(=O)c2cn[nH]c2-c2ccccc2)c1. The molecule has 2 heterocycles. The quantitative estimate of drug-likeness (QED) is 0.272. The number of hydrogen-bond donors (Lipinski definition) is 3. The number of ketones is 1. The van der Waals surface area contributed by atoms with E-state index in [0.717, 1.165) is 11.3 Å². The van der Waals surface area contributed by atoms with Gasteiger partial charge < -0.3 is 15.5 Å². The minimum atomic E-state index is -0.899. The number of H-pyrrole nitrogens is 1. The molecule has 32 heavy (non-hydrogen) atoms. The minimum absolute atomic E-state index is 0.205. The average Bonchev–Trinajstić information content (AvgIpc) is 3.33. The zero-order valence-corrected chi connectivity index (χ0v) is 17.6. The van der Waals surface area contributed by atoms with Crippen LogP contribution in [-0.2, 0) is 6.42 Å². The summed E-state index contributed by atoms with van der Waals surface area (Å²) in [7, 11) is 1.59. The van der Waals surface area contributed by atoms with Gasteiger partial charge in [-0.2, -0.15) is 5.10 Å². The van der Waals surface area contributed by atoms with E-state index in [9.17, 15) is 4.79 Å². The monoisotopic (exact) mass is 425 g/mol. The highest BCUT2D eigenvalue weighted by Gasteiger charge is 2.28. The van der Waals surface area contributed by atoms with Gasteiger partial charge in [0, 0.05) is 41.3 Å². The third-order valence-electron chi connectivity index (χ3n) is 5.06. The smallest absolute Gasteiger partial charge is 0.194 e. The van der Waals surface area contributed by atoms with Gasteiger partial charge in [-0.15, -0.1) is 0 Å². The van der Waals surface area contributed by atoms with Crippen molar-refractivity contribution in [3.05, 3.63) is 96.4 Å². The van der Waals surface area contributed by atoms with Crippen molar-refractivity contribution in [1.29, 1.82) is 5.41 Å². The van der Waals surface area contributed by atoms with Crippen LogP contribution in [0.5, 0.6) is 5.75 Å². The van der Waals surface area contributed by atoms with E-state index in [4.69, 9.17) is 10.1 Å². The summed E-state index contributed by atoms with van der Waals surface area (Å²) in [4.78, 5) is 18.0. The summed E-state index contributed by atoms with van der Waals surface area (Å²) < 4.78 is 5.30. The van der Waals surface area contributed by atoms with Gasteiger partial charge in [0.1, 0.15) is 11.8 Å². The molecule has 0 amide bonds. The molecule has 7 heteroatoms. The van der Waals surface area contributed by atoms with Crippen molar-refractivity contribution in [2.24, 2.45) is 0 Å². The van der Waals surface area contributed by atoms with Crippen molar-refractivity contribution in [2.45, 2.75) is 12.5 Å². The lowest BCUT2D eigenvalue weighted by Gasteiger charge is -2.20. The van der Waals surface area contributed by atoms with Gasteiger partial charge in [0.25, 0.3) is 0 Å². The molecule has 0 aliphatic heterocycles. The number of hydrogen-bond acceptors (Lipinski definition) is 6. The van der Waals surface area contributed by atoms with E-state index in [1.807, 2.05) is 66.7 Å². The molecule has 0 bridgehead atoms. The number of nitrogens with zero attached hydrogens (tertiary/aromatic N) is 2. The van der Waals surface area contributed by atoms with Crippen molar-refractivity contribution in [1.82, 2.24) is 15.2 Å². The van der Waals surface area contributed by atoms with E-state index in [1.165, 1.54) is 6.20 Å². The lowest BCUT2D eigenvalue weighted by molar-refractivity contribution is 0.0990. The maximum atomic E-state index is 13.7. The number of rotatable bonds is 9. The van der Waals surface area contributed by atoms with Crippen LogP contribution in [0.1, 0.15) is 16.1 Å². The molecule has 4 rings (SSSR count). The summed E-state index contributed by atoms with van der Waals surface area (Å²) in [5.74, 6) is 0.409. The molecule has 1 unspecified atom stereocenters. The minimum Gasteiger partial charge on any atom is -0.497 e. The number of nitrogens with one attached hydrogen (secondary N) is 3. The molecule has 0 radical (unpaired) electrons. The number of carbonyl (C=O) groups excluding carboxylic acids is 1. The first-order valence-corrected chi connectivity index (χ1v) is 10.2. The number of Topliss-reactive ketones (excluding diaryl/α,β-unsaturated/α-hetero) is 1. The molecule has 4 aromatic rings. The highest BCUT2D eigenvalue weighted by Crippen LogP contribution is 2.24. The van der Waals surface area contributed by atoms with Crippen LogP contribution >= 0.6 is 0 Å². The van der Waals surface area contributed by atoms with Gasteiger partial charge in [0.05, 0.1) is 24.6 Å². The van der Waals surface area contributed by atoms with Gasteiger partial charge in [-0.25, -0.2) is 0 Å². The summed E-state index contributed by atoms with van der Waals surface area (Å²) in [6.07, 6.45) is 3.43. The Hall–Kier alpha value is -4.26. The zero-order chi connectivity index (χ0) is 22.3. The molecule has 3 N–H and O–H groups in total. The second-order valence-corrected chi connectivity index (χ2v) is 7.22. The van der Waals surface area contributed by atoms with Crippen LogP contribution in [0, 0.1) is 5.41 Å². The standard InChI is InChI=1S/C25H23N5O2/c1-32-20-12-7-11-19(14-20)29-24(22(26)15-18-10-5-6-13-27-18)25(31)21-16-28-30-23(21)17-8-3-2-4-9-17/h2-14,16,24,26,29H,15H2,1H3,(H,28,30). The molecule has 0 fully saturated rings. The lowest BCUT2D eigenvalue weighted by atomic mass is 9.95. The predicted molar refractivity (Wildman–Crippen MR) is 124 cm³/mol. The molecular formula is C25H23N5O2. The molecule has 2 aromatic heterocycles. The maximum Gasteiger partial charge on any atom is 0.194 e. The van der Waals surface area contributed by atoms with E-state index in [1.54, 1.807) is 19.4 Å². The first-order chi connectivity index (χ1) is 15.7. The Morgan fingerprint density at radius 1 is 1.09 bits per heavy atom. The molecule has 0 aliphatic carbocycles. The summed E-state index contributed by atoms with van der Waals surface area (Å²) in [5, 5.41) is 19.0. The van der Waals surface area contributed by atoms with E-state index < -0.39 is 6.04 Å². The number of aromatic amines is 1. The molecule has 0 aliphatic rings. The van der Waals surface area contributed by atoms with Gasteiger partial charge in [-0.1, -0.05) is 42.5 Å². The molecule has 0 saturated carbocycles. The van der Waals surface area contributed by atoms with Crippen molar-refractivity contribution in [3.8, 4) is 17.0 Å². The fourth-order valence-electron chi connectivity index (χ4n) is 3.44. The Kier molecular flexibility index (Phi) is 6.36. The molecule has 0 saturated heterocycles. The van der Waals surface area contributed by atoms with Gasteiger partial charge in [0.15, 0.2) is 5.78 Å². The Bertz CT molecular complexity index is 1210. The maximum absolute atomic E-state index is 13.7. The Labute approximate surface area is 186 Å². The van der Waals surface area contributed by atoms with Gasteiger partial charge in [-0.3, -0.25) is 14.9 Å². The highest BCUT2D eigenvalue weighted by molar-refractivity contribution is 6.19. The van der Waals surface area contributed by atoms with Crippen molar-refractivity contribution in [2.75, 3.05) is 12.4 Å². The number of pyridine rings is 1. The molecule has 7 nitrogen and oxygen atoms in total. The number of benzene rings is 2. The van der Waals surface area contributed by atoms with Crippen LogP contribution in [0.25, 0.3) is 11.3 Å². The first-order valence-electron chi connectivity index (χ1n) is 10.2. The van der Waals surface area contributed by atoms with Crippen molar-refractivity contribution >= 4 is 17.2 Å². The van der Waals surface area contributed by atoms with Crippen LogP contribution in [0.3, 0.4) is 0 Å². The van der Waals surface area contributed by atoms with Crippen LogP contribution < -0.4 is 10.1 Å². The molecular weight excluding hydrogens is 402 g/mol. The Morgan fingerprint density at radius 3 is 2.66 bits per heavy atom. The lowest BCUT2D eigenvalue weighted by Crippen LogP contribution is -2.38. The average molecular weight is 425 g/mol. The zero-order valence-electron chi connectivity index (χ0n) is 17.6. The predicted octanol–water partition coefficient (Wildman–Crippen LogP) is 4.41. The van der Waals surface area contributed by atoms with Gasteiger partial charge in [-0.05, 0) is 24.3 Å². The van der Waals surface area contributed by atoms with Crippen LogP contribution in [-0.4, -0.2) is 39.8 Å². The fourth-order valence-corrected chi connectivity index (χ4v) is 3.44. The van der Waals surface area contributed by atoms with E-state index in [2.05, 4.69) is 20.5 Å². The molecule has 1 atom stereocenters. The van der Waals surface area contributed by atoms with Crippen molar-refractivity contribution < 1.29 is 9.53 Å². The van der Waals surface area contributed by atoms with Crippen LogP contribution in [0.2, 0.25) is 0 Å². The Balaban J connectivity index is 1.68. The number of methoxy groups -OCH3 is 1. The summed E-state index contributed by atoms with van der Waals surface area (Å²) in [5.41, 5.74) is 3.50. The molecule has 160 valence electrons. The van der Waals surface area contributed by atoms with E-state index in [0.29, 0.717) is 22.7 Å². The van der Waals surface area contributed by atoms with E-state index in [-0.39, 0.29) is 17.9 Å². The number of ether oxygens (including phenoxy) is 1. The number of anilines is 1. The second kappa shape index (κ2) is 9.70. The highest BCUT2D eigenvalue weighted by atomic mass is 16.5. The third-order valence-corrected chi connectivity index (χ3v) is 5.06. The normalized spacial score (nSPS) is 11.5. The second-order valence-electron chi connectivity index (χ2n) is 7.22. The Morgan fingerprint density at radius 2 is 1.91 bits per heavy atom. The van der Waals surface area contributed by atoms with E-state index >= 15 is 0 Å². The fraction of sp³-hybridized carbons (Fsp3) is 0.120. The molecule has 0 spiro atoms. The number of aromatic nitrogens is 3. The van der Waals surface area contributed by atoms with Gasteiger partial charge >= 0.3 is 0 Å². The van der Waals surface area contributed by atoms with Crippen LogP contribution in [0.15, 0.2) is 85.2 Å². The van der Waals surface area contributed by atoms with Crippen molar-refractivity contribution in [3.63, 3.8) is 0 Å².